The van der Waals surface area contributed by atoms with Gasteiger partial charge in [0.15, 0.2) is 0 Å². The second kappa shape index (κ2) is 7.90. The first-order valence-electron chi connectivity index (χ1n) is 9.40. The van der Waals surface area contributed by atoms with Gasteiger partial charge in [-0.05, 0) is 24.6 Å². The zero-order valence-corrected chi connectivity index (χ0v) is 16.1. The molecule has 28 heavy (non-hydrogen) atoms. The van der Waals surface area contributed by atoms with Crippen molar-refractivity contribution in [2.45, 2.75) is 31.1 Å². The van der Waals surface area contributed by atoms with Crippen LogP contribution in [0.1, 0.15) is 12.8 Å². The number of carbonyl (C=O) groups excluding carboxylic acids is 1. The molecule has 0 aliphatic carbocycles. The van der Waals surface area contributed by atoms with Crippen LogP contribution in [-0.4, -0.2) is 65.1 Å². The molecule has 0 radical (unpaired) electrons. The van der Waals surface area contributed by atoms with Gasteiger partial charge in [-0.3, -0.25) is 14.7 Å². The minimum atomic E-state index is -1.10. The lowest BCUT2D eigenvalue weighted by Gasteiger charge is -2.23. The number of alkyl halides is 1. The molecule has 8 heteroatoms. The first kappa shape index (κ1) is 18.9. The highest BCUT2D eigenvalue weighted by Crippen LogP contribution is 2.27. The number of benzene rings is 1. The van der Waals surface area contributed by atoms with E-state index >= 15 is 0 Å². The van der Waals surface area contributed by atoms with Gasteiger partial charge in [-0.1, -0.05) is 17.7 Å². The number of hydrogen-bond acceptors (Lipinski definition) is 5. The predicted octanol–water partition coefficient (Wildman–Crippen LogP) is 2.84. The predicted molar refractivity (Wildman–Crippen MR) is 106 cm³/mol. The molecule has 0 saturated carbocycles. The number of nitrogens with one attached hydrogen (secondary N) is 1. The standard InChI is InChI=1S/C20H21ClFN5O/c21-18-8-16(6-13-2-1-4-24-20(13)18)25-15-3-5-26(11-15)12-19(28)27-10-14(22)7-17(27)9-23/h1-2,4,6,8,14-15,17,25H,3,5,7,10-12H2/t14-,15-,17?/m0/s1. The zero-order valence-electron chi connectivity index (χ0n) is 15.3. The van der Waals surface area contributed by atoms with E-state index < -0.39 is 12.2 Å². The van der Waals surface area contributed by atoms with Gasteiger partial charge in [-0.15, -0.1) is 0 Å². The van der Waals surface area contributed by atoms with Crippen molar-refractivity contribution < 1.29 is 9.18 Å². The summed E-state index contributed by atoms with van der Waals surface area (Å²) >= 11 is 6.34. The lowest BCUT2D eigenvalue weighted by Crippen LogP contribution is -2.42. The highest BCUT2D eigenvalue weighted by atomic mass is 35.5. The fourth-order valence-electron chi connectivity index (χ4n) is 4.03. The highest BCUT2D eigenvalue weighted by molar-refractivity contribution is 6.35. The molecule has 1 aromatic heterocycles. The zero-order chi connectivity index (χ0) is 19.7. The highest BCUT2D eigenvalue weighted by Gasteiger charge is 2.36. The molecule has 3 atom stereocenters. The number of halogens is 2. The normalized spacial score (nSPS) is 25.2. The maximum Gasteiger partial charge on any atom is 0.237 e. The molecule has 2 fully saturated rings. The Morgan fingerprint density at radius 2 is 2.29 bits per heavy atom. The molecule has 1 amide bonds. The topological polar surface area (TPSA) is 72.3 Å². The molecule has 2 aromatic rings. The van der Waals surface area contributed by atoms with Gasteiger partial charge in [0.2, 0.25) is 5.91 Å². The van der Waals surface area contributed by atoms with Crippen molar-refractivity contribution in [3.05, 3.63) is 35.5 Å². The van der Waals surface area contributed by atoms with E-state index in [1.165, 1.54) is 4.90 Å². The van der Waals surface area contributed by atoms with Gasteiger partial charge in [-0.2, -0.15) is 5.26 Å². The number of anilines is 1. The third kappa shape index (κ3) is 3.89. The lowest BCUT2D eigenvalue weighted by atomic mass is 10.1. The smallest absolute Gasteiger partial charge is 0.237 e. The number of fused-ring (bicyclic) bond motifs is 1. The first-order valence-corrected chi connectivity index (χ1v) is 9.77. The Kier molecular flexibility index (Phi) is 5.33. The maximum absolute atomic E-state index is 13.5. The van der Waals surface area contributed by atoms with E-state index in [9.17, 15) is 9.18 Å². The van der Waals surface area contributed by atoms with Gasteiger partial charge >= 0.3 is 0 Å². The summed E-state index contributed by atoms with van der Waals surface area (Å²) in [7, 11) is 0. The van der Waals surface area contributed by atoms with Crippen LogP contribution in [0.3, 0.4) is 0 Å². The average Bonchev–Trinajstić information content (AvgIpc) is 3.27. The summed E-state index contributed by atoms with van der Waals surface area (Å²) in [6, 6.07) is 9.31. The summed E-state index contributed by atoms with van der Waals surface area (Å²) in [6.45, 7) is 1.72. The van der Waals surface area contributed by atoms with Crippen LogP contribution >= 0.6 is 11.6 Å². The van der Waals surface area contributed by atoms with Crippen LogP contribution in [-0.2, 0) is 4.79 Å². The van der Waals surface area contributed by atoms with Crippen LogP contribution < -0.4 is 5.32 Å². The van der Waals surface area contributed by atoms with Crippen molar-refractivity contribution in [3.63, 3.8) is 0 Å². The summed E-state index contributed by atoms with van der Waals surface area (Å²) in [4.78, 5) is 20.2. The molecular formula is C20H21ClFN5O. The van der Waals surface area contributed by atoms with Gasteiger partial charge in [0.1, 0.15) is 12.2 Å². The minimum absolute atomic E-state index is 0.0240. The third-order valence-electron chi connectivity index (χ3n) is 5.38. The number of carbonyl (C=O) groups is 1. The molecule has 1 unspecified atom stereocenters. The molecule has 1 N–H and O–H groups in total. The Hall–Kier alpha value is -2.43. The number of nitrogens with zero attached hydrogens (tertiary/aromatic N) is 4. The fraction of sp³-hybridized carbons (Fsp3) is 0.450. The van der Waals surface area contributed by atoms with E-state index in [2.05, 4.69) is 10.3 Å². The van der Waals surface area contributed by atoms with E-state index in [4.69, 9.17) is 16.9 Å². The van der Waals surface area contributed by atoms with Gasteiger partial charge < -0.3 is 10.2 Å². The van der Waals surface area contributed by atoms with Crippen LogP contribution in [0.5, 0.6) is 0 Å². The van der Waals surface area contributed by atoms with Crippen molar-refractivity contribution in [3.8, 4) is 6.07 Å². The molecule has 1 aromatic carbocycles. The van der Waals surface area contributed by atoms with E-state index in [0.29, 0.717) is 11.6 Å². The molecule has 0 bridgehead atoms. The Morgan fingerprint density at radius 3 is 3.11 bits per heavy atom. The minimum Gasteiger partial charge on any atom is -0.381 e. The van der Waals surface area contributed by atoms with Gasteiger partial charge in [0.05, 0.1) is 29.7 Å². The monoisotopic (exact) mass is 401 g/mol. The van der Waals surface area contributed by atoms with Crippen LogP contribution in [0.15, 0.2) is 30.5 Å². The lowest BCUT2D eigenvalue weighted by molar-refractivity contribution is -0.132. The summed E-state index contributed by atoms with van der Waals surface area (Å²) in [6.07, 6.45) is 1.62. The van der Waals surface area contributed by atoms with Crippen molar-refractivity contribution >= 4 is 34.1 Å². The van der Waals surface area contributed by atoms with E-state index in [-0.39, 0.29) is 31.5 Å². The maximum atomic E-state index is 13.5. The van der Waals surface area contributed by atoms with Crippen LogP contribution in [0, 0.1) is 11.3 Å². The van der Waals surface area contributed by atoms with Crippen LogP contribution in [0.25, 0.3) is 10.9 Å². The van der Waals surface area contributed by atoms with E-state index in [1.807, 2.05) is 35.2 Å². The largest absolute Gasteiger partial charge is 0.381 e. The second-order valence-electron chi connectivity index (χ2n) is 7.42. The molecule has 2 aliphatic rings. The quantitative estimate of drug-likeness (QED) is 0.852. The number of hydrogen-bond donors (Lipinski definition) is 1. The summed E-state index contributed by atoms with van der Waals surface area (Å²) in [5.41, 5.74) is 1.70. The molecule has 2 saturated heterocycles. The fourth-order valence-corrected chi connectivity index (χ4v) is 4.30. The molecule has 2 aliphatic heterocycles. The van der Waals surface area contributed by atoms with Crippen molar-refractivity contribution in [2.24, 2.45) is 0 Å². The molecule has 3 heterocycles. The SMILES string of the molecule is N#CC1C[C@H](F)CN1C(=O)CN1CC[C@H](Nc2cc(Cl)c3ncccc3c2)C1. The van der Waals surface area contributed by atoms with Gasteiger partial charge in [-0.25, -0.2) is 4.39 Å². The number of amides is 1. The third-order valence-corrected chi connectivity index (χ3v) is 5.67. The molecular weight excluding hydrogens is 381 g/mol. The number of likely N-dealkylation sites (tertiary alicyclic amines) is 2. The summed E-state index contributed by atoms with van der Waals surface area (Å²) < 4.78 is 13.5. The number of rotatable bonds is 4. The average molecular weight is 402 g/mol. The van der Waals surface area contributed by atoms with Crippen molar-refractivity contribution in [1.29, 1.82) is 5.26 Å². The molecule has 4 rings (SSSR count). The number of nitriles is 1. The van der Waals surface area contributed by atoms with E-state index in [0.717, 1.165) is 29.6 Å². The Bertz CT molecular complexity index is 932. The summed E-state index contributed by atoms with van der Waals surface area (Å²) in [5.74, 6) is -0.174. The van der Waals surface area contributed by atoms with Crippen LogP contribution in [0.2, 0.25) is 5.02 Å². The molecule has 6 nitrogen and oxygen atoms in total. The van der Waals surface area contributed by atoms with Crippen molar-refractivity contribution in [2.75, 3.05) is 31.5 Å². The van der Waals surface area contributed by atoms with Gasteiger partial charge in [0, 0.05) is 42.8 Å². The Morgan fingerprint density at radius 1 is 1.43 bits per heavy atom. The second-order valence-corrected chi connectivity index (χ2v) is 7.83. The Labute approximate surface area is 167 Å². The first-order chi connectivity index (χ1) is 13.5. The van der Waals surface area contributed by atoms with Crippen molar-refractivity contribution in [1.82, 2.24) is 14.8 Å². The van der Waals surface area contributed by atoms with E-state index in [1.54, 1.807) is 6.20 Å². The summed E-state index contributed by atoms with van der Waals surface area (Å²) in [5, 5.41) is 14.2. The van der Waals surface area contributed by atoms with Crippen LogP contribution in [0.4, 0.5) is 10.1 Å². The molecule has 0 spiro atoms. The number of pyridine rings is 1. The van der Waals surface area contributed by atoms with Gasteiger partial charge in [0.25, 0.3) is 0 Å². The molecule has 146 valence electrons. The Balaban J connectivity index is 1.36. The number of aromatic nitrogens is 1.